The van der Waals surface area contributed by atoms with Crippen LogP contribution in [-0.4, -0.2) is 68.4 Å². The van der Waals surface area contributed by atoms with E-state index in [1.807, 2.05) is 6.07 Å². The molecule has 1 amide bonds. The Morgan fingerprint density at radius 3 is 2.35 bits per heavy atom. The standard InChI is InChI=1S/C31H34F2N6O3S/c1-37-12-14-38(15-13-37)29-9-5-8-27(30(29)35-24-6-3-2-4-7-24)31(40)36-39-28-11-10-25(16-21(28)20-34-39)43(41,42)26-18-22(32)17-23(33)19-26/h5,8-11,16-20,24,35H,2-4,6-7,12-15H2,1H3,(H,36,40). The lowest BCUT2D eigenvalue weighted by molar-refractivity contribution is 0.101. The van der Waals surface area contributed by atoms with Gasteiger partial charge in [-0.15, -0.1) is 0 Å². The Hall–Kier alpha value is -4.03. The predicted molar refractivity (Wildman–Crippen MR) is 162 cm³/mol. The minimum atomic E-state index is -4.19. The quantitative estimate of drug-likeness (QED) is 0.304. The molecule has 9 nitrogen and oxygen atoms in total. The van der Waals surface area contributed by atoms with E-state index in [9.17, 15) is 22.0 Å². The van der Waals surface area contributed by atoms with Gasteiger partial charge < -0.3 is 15.1 Å². The molecule has 0 radical (unpaired) electrons. The van der Waals surface area contributed by atoms with E-state index < -0.39 is 26.4 Å². The highest BCUT2D eigenvalue weighted by Crippen LogP contribution is 2.34. The smallest absolute Gasteiger partial charge is 0.273 e. The SMILES string of the molecule is CN1CCN(c2cccc(C(=O)Nn3ncc4cc(S(=O)(=O)c5cc(F)cc(F)c5)ccc43)c2NC2CCCCC2)CC1. The van der Waals surface area contributed by atoms with Gasteiger partial charge in [-0.2, -0.15) is 9.89 Å². The second-order valence-corrected chi connectivity index (χ2v) is 13.2. The normalized spacial score (nSPS) is 16.9. The number of rotatable bonds is 7. The molecular weight excluding hydrogens is 574 g/mol. The van der Waals surface area contributed by atoms with Crippen molar-refractivity contribution >= 4 is 38.0 Å². The Morgan fingerprint density at radius 1 is 0.907 bits per heavy atom. The number of halogens is 2. The van der Waals surface area contributed by atoms with Crippen LogP contribution in [0.25, 0.3) is 10.9 Å². The van der Waals surface area contributed by atoms with E-state index >= 15 is 0 Å². The number of hydrogen-bond donors (Lipinski definition) is 2. The number of aromatic nitrogens is 2. The number of nitrogens with one attached hydrogen (secondary N) is 2. The van der Waals surface area contributed by atoms with Gasteiger partial charge in [-0.25, -0.2) is 22.6 Å². The zero-order valence-electron chi connectivity index (χ0n) is 23.9. The number of para-hydroxylation sites is 1. The lowest BCUT2D eigenvalue weighted by Gasteiger charge is -2.36. The van der Waals surface area contributed by atoms with Crippen LogP contribution >= 0.6 is 0 Å². The van der Waals surface area contributed by atoms with Crippen molar-refractivity contribution in [1.29, 1.82) is 0 Å². The maximum Gasteiger partial charge on any atom is 0.273 e. The van der Waals surface area contributed by atoms with Crippen LogP contribution in [0.15, 0.2) is 70.6 Å². The molecule has 2 fully saturated rings. The van der Waals surface area contributed by atoms with E-state index in [4.69, 9.17) is 0 Å². The van der Waals surface area contributed by atoms with Crippen molar-refractivity contribution in [3.8, 4) is 0 Å². The van der Waals surface area contributed by atoms with Crippen LogP contribution in [0.1, 0.15) is 42.5 Å². The van der Waals surface area contributed by atoms with Gasteiger partial charge in [0.05, 0.1) is 38.4 Å². The highest BCUT2D eigenvalue weighted by atomic mass is 32.2. The van der Waals surface area contributed by atoms with Crippen molar-refractivity contribution < 1.29 is 22.0 Å². The number of amides is 1. The molecule has 6 rings (SSSR count). The lowest BCUT2D eigenvalue weighted by atomic mass is 9.94. The Kier molecular flexibility index (Phi) is 8.06. The average Bonchev–Trinajstić information content (AvgIpc) is 3.39. The summed E-state index contributed by atoms with van der Waals surface area (Å²) >= 11 is 0. The predicted octanol–water partition coefficient (Wildman–Crippen LogP) is 5.03. The van der Waals surface area contributed by atoms with E-state index in [2.05, 4.69) is 38.8 Å². The van der Waals surface area contributed by atoms with Gasteiger partial charge in [-0.3, -0.25) is 4.79 Å². The number of anilines is 2. The first-order valence-corrected chi connectivity index (χ1v) is 16.0. The summed E-state index contributed by atoms with van der Waals surface area (Å²) in [5.41, 5.74) is 5.63. The van der Waals surface area contributed by atoms with Gasteiger partial charge in [-0.05, 0) is 62.4 Å². The molecule has 0 atom stereocenters. The fourth-order valence-corrected chi connectivity index (χ4v) is 7.22. The van der Waals surface area contributed by atoms with Gasteiger partial charge in [0, 0.05) is 43.7 Å². The maximum absolute atomic E-state index is 13.8. The third-order valence-corrected chi connectivity index (χ3v) is 10.0. The summed E-state index contributed by atoms with van der Waals surface area (Å²) in [5.74, 6) is -2.32. The van der Waals surface area contributed by atoms with E-state index in [0.29, 0.717) is 22.5 Å². The topological polar surface area (TPSA) is 99.6 Å². The molecule has 43 heavy (non-hydrogen) atoms. The molecule has 1 aliphatic carbocycles. The number of carbonyl (C=O) groups excluding carboxylic acids is 1. The third kappa shape index (κ3) is 6.07. The van der Waals surface area contributed by atoms with E-state index in [-0.39, 0.29) is 16.8 Å². The molecular formula is C31H34F2N6O3S. The second kappa shape index (κ2) is 11.9. The molecule has 2 heterocycles. The number of nitrogens with zero attached hydrogens (tertiary/aromatic N) is 4. The van der Waals surface area contributed by atoms with Crippen LogP contribution in [-0.2, 0) is 9.84 Å². The summed E-state index contributed by atoms with van der Waals surface area (Å²) in [6.45, 7) is 3.59. The van der Waals surface area contributed by atoms with Crippen molar-refractivity contribution in [3.63, 3.8) is 0 Å². The molecule has 1 aromatic heterocycles. The van der Waals surface area contributed by atoms with Gasteiger partial charge in [0.2, 0.25) is 9.84 Å². The molecule has 1 saturated heterocycles. The zero-order chi connectivity index (χ0) is 30.1. The number of sulfone groups is 1. The molecule has 12 heteroatoms. The number of carbonyl (C=O) groups is 1. The van der Waals surface area contributed by atoms with Crippen LogP contribution in [0.2, 0.25) is 0 Å². The molecule has 0 spiro atoms. The maximum atomic E-state index is 13.8. The van der Waals surface area contributed by atoms with Crippen LogP contribution in [0, 0.1) is 11.6 Å². The largest absolute Gasteiger partial charge is 0.380 e. The Balaban J connectivity index is 1.29. The Morgan fingerprint density at radius 2 is 1.63 bits per heavy atom. The van der Waals surface area contributed by atoms with Crippen molar-refractivity contribution in [2.24, 2.45) is 0 Å². The molecule has 0 bridgehead atoms. The second-order valence-electron chi connectivity index (χ2n) is 11.3. The molecule has 2 aliphatic rings. The Labute approximate surface area is 249 Å². The molecule has 0 unspecified atom stereocenters. The van der Waals surface area contributed by atoms with Gasteiger partial charge in [0.25, 0.3) is 5.91 Å². The number of hydrogen-bond acceptors (Lipinski definition) is 7. The molecule has 4 aromatic rings. The first kappa shape index (κ1) is 29.1. The summed E-state index contributed by atoms with van der Waals surface area (Å²) in [5, 5.41) is 8.43. The van der Waals surface area contributed by atoms with Crippen molar-refractivity contribution in [2.45, 2.75) is 47.9 Å². The molecule has 1 saturated carbocycles. The summed E-state index contributed by atoms with van der Waals surface area (Å²) in [4.78, 5) is 19.1. The average molecular weight is 609 g/mol. The van der Waals surface area contributed by atoms with E-state index in [0.717, 1.165) is 75.4 Å². The van der Waals surface area contributed by atoms with Gasteiger partial charge in [-0.1, -0.05) is 25.3 Å². The first-order valence-electron chi connectivity index (χ1n) is 14.5. The third-order valence-electron chi connectivity index (χ3n) is 8.29. The molecule has 2 N–H and O–H groups in total. The fourth-order valence-electron chi connectivity index (χ4n) is 5.89. The zero-order valence-corrected chi connectivity index (χ0v) is 24.7. The van der Waals surface area contributed by atoms with Gasteiger partial charge >= 0.3 is 0 Å². The minimum Gasteiger partial charge on any atom is -0.380 e. The monoisotopic (exact) mass is 608 g/mol. The summed E-state index contributed by atoms with van der Waals surface area (Å²) in [6.07, 6.45) is 7.07. The van der Waals surface area contributed by atoms with Crippen LogP contribution in [0.5, 0.6) is 0 Å². The fraction of sp³-hybridized carbons (Fsp3) is 0.355. The summed E-state index contributed by atoms with van der Waals surface area (Å²) in [6, 6.07) is 12.4. The van der Waals surface area contributed by atoms with Crippen LogP contribution < -0.4 is 15.6 Å². The number of piperazine rings is 1. The molecule has 3 aromatic carbocycles. The van der Waals surface area contributed by atoms with Crippen LogP contribution in [0.3, 0.4) is 0 Å². The molecule has 1 aliphatic heterocycles. The van der Waals surface area contributed by atoms with E-state index in [1.54, 1.807) is 6.07 Å². The first-order chi connectivity index (χ1) is 20.7. The number of fused-ring (bicyclic) bond motifs is 1. The highest BCUT2D eigenvalue weighted by Gasteiger charge is 2.25. The van der Waals surface area contributed by atoms with Gasteiger partial charge in [0.1, 0.15) is 11.6 Å². The van der Waals surface area contributed by atoms with Crippen LogP contribution in [0.4, 0.5) is 20.2 Å². The van der Waals surface area contributed by atoms with E-state index in [1.165, 1.54) is 35.6 Å². The van der Waals surface area contributed by atoms with Crippen molar-refractivity contribution in [2.75, 3.05) is 48.9 Å². The Bertz CT molecular complexity index is 1740. The van der Waals surface area contributed by atoms with Gasteiger partial charge in [0.15, 0.2) is 0 Å². The molecule has 226 valence electrons. The minimum absolute atomic E-state index is 0.144. The van der Waals surface area contributed by atoms with Crippen molar-refractivity contribution in [3.05, 3.63) is 78.0 Å². The highest BCUT2D eigenvalue weighted by molar-refractivity contribution is 7.91. The summed E-state index contributed by atoms with van der Waals surface area (Å²) in [7, 11) is -2.08. The summed E-state index contributed by atoms with van der Waals surface area (Å²) < 4.78 is 53.6. The van der Waals surface area contributed by atoms with Crippen molar-refractivity contribution in [1.82, 2.24) is 14.8 Å². The lowest BCUT2D eigenvalue weighted by Crippen LogP contribution is -2.45. The number of likely N-dealkylation sites (N-methyl/N-ethyl adjacent to an activating group) is 1. The number of benzene rings is 3.